The fourth-order valence-corrected chi connectivity index (χ4v) is 1.80. The fourth-order valence-electron chi connectivity index (χ4n) is 1.66. The zero-order valence-electron chi connectivity index (χ0n) is 7.80. The van der Waals surface area contributed by atoms with Crippen LogP contribution in [0.15, 0.2) is 24.4 Å². The molecular weight excluding hydrogens is 198 g/mol. The van der Waals surface area contributed by atoms with Crippen molar-refractivity contribution in [3.63, 3.8) is 0 Å². The molecule has 0 aliphatic carbocycles. The van der Waals surface area contributed by atoms with Crippen molar-refractivity contribution >= 4 is 28.3 Å². The van der Waals surface area contributed by atoms with Gasteiger partial charge in [-0.25, -0.2) is 0 Å². The summed E-state index contributed by atoms with van der Waals surface area (Å²) in [5.74, 6) is -0.00593. The Morgan fingerprint density at radius 1 is 1.50 bits per heavy atom. The number of rotatable bonds is 2. The molecule has 0 bridgehead atoms. The van der Waals surface area contributed by atoms with Crippen molar-refractivity contribution in [3.05, 3.63) is 35.5 Å². The zero-order valence-corrected chi connectivity index (χ0v) is 8.56. The molecule has 0 saturated carbocycles. The number of aromatic nitrogens is 1. The topological polar surface area (TPSA) is 32.9 Å². The summed E-state index contributed by atoms with van der Waals surface area (Å²) < 4.78 is 0. The second kappa shape index (κ2) is 3.46. The van der Waals surface area contributed by atoms with E-state index in [-0.39, 0.29) is 11.7 Å². The molecule has 1 aromatic heterocycles. The van der Waals surface area contributed by atoms with E-state index in [2.05, 4.69) is 4.98 Å². The van der Waals surface area contributed by atoms with Crippen molar-refractivity contribution in [2.45, 2.75) is 6.92 Å². The highest BCUT2D eigenvalue weighted by Crippen LogP contribution is 2.22. The quantitative estimate of drug-likeness (QED) is 0.596. The molecule has 1 N–H and O–H groups in total. The van der Waals surface area contributed by atoms with E-state index in [9.17, 15) is 4.79 Å². The highest BCUT2D eigenvalue weighted by Gasteiger charge is 2.11. The van der Waals surface area contributed by atoms with Gasteiger partial charge >= 0.3 is 0 Å². The number of nitrogens with one attached hydrogen (secondary N) is 1. The lowest BCUT2D eigenvalue weighted by atomic mass is 10.1. The second-order valence-corrected chi connectivity index (χ2v) is 3.52. The maximum Gasteiger partial charge on any atom is 0.179 e. The number of ketones is 1. The van der Waals surface area contributed by atoms with Gasteiger partial charge in [0.05, 0.1) is 5.88 Å². The molecule has 72 valence electrons. The Morgan fingerprint density at radius 2 is 2.29 bits per heavy atom. The van der Waals surface area contributed by atoms with E-state index in [0.717, 1.165) is 16.5 Å². The van der Waals surface area contributed by atoms with Crippen LogP contribution in [0.2, 0.25) is 0 Å². The monoisotopic (exact) mass is 207 g/mol. The van der Waals surface area contributed by atoms with E-state index in [0.29, 0.717) is 5.56 Å². The summed E-state index contributed by atoms with van der Waals surface area (Å²) in [5, 5.41) is 0.984. The number of fused-ring (bicyclic) bond motifs is 1. The summed E-state index contributed by atoms with van der Waals surface area (Å²) >= 11 is 5.53. The molecular formula is C11H10ClNO. The highest BCUT2D eigenvalue weighted by atomic mass is 35.5. The lowest BCUT2D eigenvalue weighted by molar-refractivity contribution is 0.102. The number of H-pyrrole nitrogens is 1. The first-order valence-electron chi connectivity index (χ1n) is 4.40. The van der Waals surface area contributed by atoms with Crippen molar-refractivity contribution in [2.75, 3.05) is 5.88 Å². The average Bonchev–Trinajstić information content (AvgIpc) is 2.62. The van der Waals surface area contributed by atoms with Gasteiger partial charge < -0.3 is 4.98 Å². The molecule has 0 radical (unpaired) electrons. The van der Waals surface area contributed by atoms with Crippen molar-refractivity contribution in [1.82, 2.24) is 4.98 Å². The number of Topliss-reactive ketones (excluding diaryl/α,β-unsaturated/α-hetero) is 1. The van der Waals surface area contributed by atoms with Crippen LogP contribution in [-0.4, -0.2) is 16.6 Å². The van der Waals surface area contributed by atoms with Crippen LogP contribution >= 0.6 is 11.6 Å². The molecule has 2 rings (SSSR count). The third-order valence-corrected chi connectivity index (χ3v) is 2.58. The maximum absolute atomic E-state index is 11.5. The maximum atomic E-state index is 11.5. The van der Waals surface area contributed by atoms with E-state index in [1.54, 1.807) is 6.20 Å². The van der Waals surface area contributed by atoms with E-state index in [4.69, 9.17) is 11.6 Å². The van der Waals surface area contributed by atoms with Crippen molar-refractivity contribution in [3.8, 4) is 0 Å². The van der Waals surface area contributed by atoms with Crippen LogP contribution in [0, 0.1) is 6.92 Å². The smallest absolute Gasteiger partial charge is 0.179 e. The third-order valence-electron chi connectivity index (χ3n) is 2.34. The summed E-state index contributed by atoms with van der Waals surface area (Å²) in [6.45, 7) is 1.99. The molecule has 2 aromatic rings. The highest BCUT2D eigenvalue weighted by molar-refractivity contribution is 6.32. The van der Waals surface area contributed by atoms with Crippen LogP contribution in [-0.2, 0) is 0 Å². The average molecular weight is 208 g/mol. The summed E-state index contributed by atoms with van der Waals surface area (Å²) in [7, 11) is 0. The van der Waals surface area contributed by atoms with Gasteiger partial charge in [-0.15, -0.1) is 11.6 Å². The van der Waals surface area contributed by atoms with Crippen LogP contribution in [0.1, 0.15) is 15.9 Å². The van der Waals surface area contributed by atoms with E-state index in [1.165, 1.54) is 0 Å². The Kier molecular flexibility index (Phi) is 2.30. The van der Waals surface area contributed by atoms with E-state index < -0.39 is 0 Å². The van der Waals surface area contributed by atoms with Gasteiger partial charge in [0.2, 0.25) is 0 Å². The number of aryl methyl sites for hydroxylation is 1. The van der Waals surface area contributed by atoms with Gasteiger partial charge in [-0.05, 0) is 18.6 Å². The number of aromatic amines is 1. The minimum absolute atomic E-state index is 0.0291. The minimum Gasteiger partial charge on any atom is -0.360 e. The summed E-state index contributed by atoms with van der Waals surface area (Å²) in [4.78, 5) is 14.6. The second-order valence-electron chi connectivity index (χ2n) is 3.26. The molecule has 3 heteroatoms. The molecule has 0 spiro atoms. The first-order valence-corrected chi connectivity index (χ1v) is 4.93. The Balaban J connectivity index is 2.73. The van der Waals surface area contributed by atoms with Crippen molar-refractivity contribution in [2.24, 2.45) is 0 Å². The van der Waals surface area contributed by atoms with Crippen LogP contribution in [0.4, 0.5) is 0 Å². The number of hydrogen-bond acceptors (Lipinski definition) is 1. The number of alkyl halides is 1. The SMILES string of the molecule is Cc1cccc2[nH]cc(C(=O)CCl)c12. The molecule has 1 aromatic carbocycles. The molecule has 14 heavy (non-hydrogen) atoms. The molecule has 0 saturated heterocycles. The third kappa shape index (κ3) is 1.32. The van der Waals surface area contributed by atoms with Crippen LogP contribution in [0.5, 0.6) is 0 Å². The van der Waals surface area contributed by atoms with E-state index in [1.807, 2.05) is 25.1 Å². The molecule has 0 fully saturated rings. The summed E-state index contributed by atoms with van der Waals surface area (Å²) in [6, 6.07) is 5.90. The number of carbonyl (C=O) groups is 1. The van der Waals surface area contributed by atoms with Gasteiger partial charge in [0.15, 0.2) is 5.78 Å². The first-order chi connectivity index (χ1) is 6.74. The van der Waals surface area contributed by atoms with Gasteiger partial charge in [0.25, 0.3) is 0 Å². The van der Waals surface area contributed by atoms with Crippen molar-refractivity contribution < 1.29 is 4.79 Å². The molecule has 2 nitrogen and oxygen atoms in total. The Morgan fingerprint density at radius 3 is 3.00 bits per heavy atom. The van der Waals surface area contributed by atoms with E-state index >= 15 is 0 Å². The Hall–Kier alpha value is -1.28. The summed E-state index contributed by atoms with van der Waals surface area (Å²) in [6.07, 6.45) is 1.72. The summed E-state index contributed by atoms with van der Waals surface area (Å²) in [5.41, 5.74) is 2.77. The molecule has 1 heterocycles. The Bertz CT molecular complexity index is 487. The van der Waals surface area contributed by atoms with Crippen molar-refractivity contribution in [1.29, 1.82) is 0 Å². The standard InChI is InChI=1S/C11H10ClNO/c1-7-3-2-4-9-11(7)8(6-13-9)10(14)5-12/h2-4,6,13H,5H2,1H3. The first kappa shape index (κ1) is 9.28. The van der Waals surface area contributed by atoms with Crippen LogP contribution in [0.3, 0.4) is 0 Å². The molecule has 0 aliphatic rings. The minimum atomic E-state index is -0.0350. The van der Waals surface area contributed by atoms with Gasteiger partial charge in [-0.2, -0.15) is 0 Å². The van der Waals surface area contributed by atoms with Crippen LogP contribution in [0.25, 0.3) is 10.9 Å². The number of halogens is 1. The normalized spacial score (nSPS) is 10.7. The number of carbonyl (C=O) groups excluding carboxylic acids is 1. The molecule has 0 unspecified atom stereocenters. The van der Waals surface area contributed by atoms with Crippen LogP contribution < -0.4 is 0 Å². The zero-order chi connectivity index (χ0) is 10.1. The van der Waals surface area contributed by atoms with Gasteiger partial charge in [-0.1, -0.05) is 12.1 Å². The number of hydrogen-bond donors (Lipinski definition) is 1. The fraction of sp³-hybridized carbons (Fsp3) is 0.182. The molecule has 0 aliphatic heterocycles. The lowest BCUT2D eigenvalue weighted by Gasteiger charge is -1.98. The number of benzene rings is 1. The van der Waals surface area contributed by atoms with Gasteiger partial charge in [0.1, 0.15) is 0 Å². The lowest BCUT2D eigenvalue weighted by Crippen LogP contribution is -1.99. The molecule has 0 atom stereocenters. The largest absolute Gasteiger partial charge is 0.360 e. The Labute approximate surface area is 86.9 Å². The van der Waals surface area contributed by atoms with Gasteiger partial charge in [0, 0.05) is 22.7 Å². The van der Waals surface area contributed by atoms with Gasteiger partial charge in [-0.3, -0.25) is 4.79 Å². The molecule has 0 amide bonds. The predicted octanol–water partition coefficient (Wildman–Crippen LogP) is 2.90. The predicted molar refractivity (Wildman–Crippen MR) is 58.1 cm³/mol.